The van der Waals surface area contributed by atoms with Crippen molar-refractivity contribution < 1.29 is 9.47 Å². The van der Waals surface area contributed by atoms with Gasteiger partial charge in [0.1, 0.15) is 23.6 Å². The molecule has 0 saturated heterocycles. The van der Waals surface area contributed by atoms with Crippen LogP contribution in [0.15, 0.2) is 54.9 Å². The predicted octanol–water partition coefficient (Wildman–Crippen LogP) is 4.61. The molecule has 0 aliphatic heterocycles. The lowest BCUT2D eigenvalue weighted by molar-refractivity contribution is 0.404. The zero-order valence-electron chi connectivity index (χ0n) is 15.3. The fraction of sp³-hybridized carbons (Fsp3) is 0.0952. The van der Waals surface area contributed by atoms with E-state index in [9.17, 15) is 0 Å². The van der Waals surface area contributed by atoms with Gasteiger partial charge in [-0.3, -0.25) is 0 Å². The number of benzene rings is 2. The number of ether oxygens (including phenoxy) is 2. The van der Waals surface area contributed by atoms with Gasteiger partial charge in [-0.15, -0.1) is 0 Å². The van der Waals surface area contributed by atoms with E-state index in [0.29, 0.717) is 39.1 Å². The molecule has 0 amide bonds. The van der Waals surface area contributed by atoms with E-state index in [2.05, 4.69) is 9.97 Å². The van der Waals surface area contributed by atoms with Crippen molar-refractivity contribution in [1.29, 1.82) is 0 Å². The van der Waals surface area contributed by atoms with Crippen molar-refractivity contribution in [3.63, 3.8) is 0 Å². The van der Waals surface area contributed by atoms with Crippen molar-refractivity contribution >= 4 is 28.5 Å². The third kappa shape index (κ3) is 3.18. The highest BCUT2D eigenvalue weighted by Crippen LogP contribution is 2.38. The summed E-state index contributed by atoms with van der Waals surface area (Å²) in [6, 6.07) is 15.0. The van der Waals surface area contributed by atoms with Gasteiger partial charge in [-0.05, 0) is 47.5 Å². The van der Waals surface area contributed by atoms with E-state index in [1.807, 2.05) is 48.5 Å². The molecule has 2 aromatic heterocycles. The quantitative estimate of drug-likeness (QED) is 0.546. The number of nitrogens with two attached hydrogens (primary N) is 1. The first kappa shape index (κ1) is 18.0. The standard InChI is InChI=1S/C21H17ClN4O2/c1-27-14-7-8-18(28-2)16(9-14)17-10-15(12-3-5-13(22)6-4-12)19-20(23)24-11-25-21(19)26-17/h3-11H,1-2H3,(H2,23,24,25,26). The number of anilines is 1. The maximum atomic E-state index is 6.15. The average Bonchev–Trinajstić information content (AvgIpc) is 2.73. The number of hydrogen-bond donors (Lipinski definition) is 1. The molecule has 4 rings (SSSR count). The normalized spacial score (nSPS) is 10.8. The van der Waals surface area contributed by atoms with Crippen LogP contribution in [0.2, 0.25) is 5.02 Å². The minimum absolute atomic E-state index is 0.367. The van der Waals surface area contributed by atoms with Crippen LogP contribution < -0.4 is 15.2 Å². The van der Waals surface area contributed by atoms with E-state index >= 15 is 0 Å². The minimum Gasteiger partial charge on any atom is -0.497 e. The summed E-state index contributed by atoms with van der Waals surface area (Å²) >= 11 is 6.06. The summed E-state index contributed by atoms with van der Waals surface area (Å²) in [5.41, 5.74) is 9.92. The van der Waals surface area contributed by atoms with Gasteiger partial charge < -0.3 is 15.2 Å². The summed E-state index contributed by atoms with van der Waals surface area (Å²) < 4.78 is 10.9. The molecule has 2 N–H and O–H groups in total. The Morgan fingerprint density at radius 1 is 0.893 bits per heavy atom. The lowest BCUT2D eigenvalue weighted by Crippen LogP contribution is -1.99. The van der Waals surface area contributed by atoms with E-state index in [1.165, 1.54) is 6.33 Å². The number of halogens is 1. The molecule has 7 heteroatoms. The fourth-order valence-electron chi connectivity index (χ4n) is 3.10. The highest BCUT2D eigenvalue weighted by atomic mass is 35.5. The van der Waals surface area contributed by atoms with Crippen LogP contribution >= 0.6 is 11.6 Å². The lowest BCUT2D eigenvalue weighted by atomic mass is 9.99. The zero-order chi connectivity index (χ0) is 19.7. The van der Waals surface area contributed by atoms with Gasteiger partial charge in [-0.2, -0.15) is 0 Å². The Balaban J connectivity index is 2.03. The van der Waals surface area contributed by atoms with Crippen LogP contribution in [0.4, 0.5) is 5.82 Å². The summed E-state index contributed by atoms with van der Waals surface area (Å²) in [4.78, 5) is 13.2. The number of nitrogens with zero attached hydrogens (tertiary/aromatic N) is 3. The van der Waals surface area contributed by atoms with Crippen LogP contribution in [0.5, 0.6) is 11.5 Å². The van der Waals surface area contributed by atoms with Crippen LogP contribution in [0.25, 0.3) is 33.4 Å². The van der Waals surface area contributed by atoms with Crippen molar-refractivity contribution in [3.05, 3.63) is 59.9 Å². The number of fused-ring (bicyclic) bond motifs is 1. The second kappa shape index (κ2) is 7.32. The molecule has 4 aromatic rings. The van der Waals surface area contributed by atoms with Crippen molar-refractivity contribution in [2.24, 2.45) is 0 Å². The second-order valence-corrected chi connectivity index (χ2v) is 6.52. The van der Waals surface area contributed by atoms with Crippen molar-refractivity contribution in [2.75, 3.05) is 20.0 Å². The van der Waals surface area contributed by atoms with Crippen molar-refractivity contribution in [2.45, 2.75) is 0 Å². The third-order valence-electron chi connectivity index (χ3n) is 4.47. The van der Waals surface area contributed by atoms with E-state index in [-0.39, 0.29) is 0 Å². The van der Waals surface area contributed by atoms with Gasteiger partial charge >= 0.3 is 0 Å². The van der Waals surface area contributed by atoms with Crippen molar-refractivity contribution in [1.82, 2.24) is 15.0 Å². The predicted molar refractivity (Wildman–Crippen MR) is 111 cm³/mol. The van der Waals surface area contributed by atoms with E-state index in [0.717, 1.165) is 16.7 Å². The summed E-state index contributed by atoms with van der Waals surface area (Å²) in [6.07, 6.45) is 1.41. The molecule has 6 nitrogen and oxygen atoms in total. The minimum atomic E-state index is 0.367. The molecular weight excluding hydrogens is 376 g/mol. The van der Waals surface area contributed by atoms with Crippen molar-refractivity contribution in [3.8, 4) is 33.9 Å². The monoisotopic (exact) mass is 392 g/mol. The molecule has 0 saturated carbocycles. The molecule has 0 radical (unpaired) electrons. The molecule has 0 atom stereocenters. The molecule has 0 bridgehead atoms. The second-order valence-electron chi connectivity index (χ2n) is 6.09. The fourth-order valence-corrected chi connectivity index (χ4v) is 3.22. The van der Waals surface area contributed by atoms with Gasteiger partial charge in [-0.1, -0.05) is 23.7 Å². The van der Waals surface area contributed by atoms with Crippen LogP contribution in [0.1, 0.15) is 0 Å². The van der Waals surface area contributed by atoms with Gasteiger partial charge in [0.25, 0.3) is 0 Å². The molecule has 140 valence electrons. The maximum Gasteiger partial charge on any atom is 0.165 e. The Kier molecular flexibility index (Phi) is 4.71. The Morgan fingerprint density at radius 2 is 1.68 bits per heavy atom. The van der Waals surface area contributed by atoms with Crippen LogP contribution in [-0.4, -0.2) is 29.2 Å². The number of nitrogen functional groups attached to an aromatic ring is 1. The Labute approximate surface area is 166 Å². The summed E-state index contributed by atoms with van der Waals surface area (Å²) in [7, 11) is 3.24. The van der Waals surface area contributed by atoms with Gasteiger partial charge in [0.2, 0.25) is 0 Å². The topological polar surface area (TPSA) is 83.2 Å². The molecule has 0 spiro atoms. The number of hydrogen-bond acceptors (Lipinski definition) is 6. The SMILES string of the molecule is COc1ccc(OC)c(-c2cc(-c3ccc(Cl)cc3)c3c(N)ncnc3n2)c1. The smallest absolute Gasteiger partial charge is 0.165 e. The first-order chi connectivity index (χ1) is 13.6. The number of methoxy groups -OCH3 is 2. The molecular formula is C21H17ClN4O2. The van der Waals surface area contributed by atoms with Gasteiger partial charge in [0.15, 0.2) is 5.65 Å². The third-order valence-corrected chi connectivity index (χ3v) is 4.72. The van der Waals surface area contributed by atoms with Gasteiger partial charge in [0, 0.05) is 10.6 Å². The highest BCUT2D eigenvalue weighted by Gasteiger charge is 2.16. The number of rotatable bonds is 4. The van der Waals surface area contributed by atoms with Crippen LogP contribution in [0, 0.1) is 0 Å². The zero-order valence-corrected chi connectivity index (χ0v) is 16.1. The molecule has 2 heterocycles. The first-order valence-electron chi connectivity index (χ1n) is 8.50. The van der Waals surface area contributed by atoms with E-state index < -0.39 is 0 Å². The molecule has 0 unspecified atom stereocenters. The average molecular weight is 393 g/mol. The number of pyridine rings is 1. The van der Waals surface area contributed by atoms with Gasteiger partial charge in [0.05, 0.1) is 25.3 Å². The summed E-state index contributed by atoms with van der Waals surface area (Å²) in [5, 5.41) is 1.34. The lowest BCUT2D eigenvalue weighted by Gasteiger charge is -2.14. The first-order valence-corrected chi connectivity index (χ1v) is 8.88. The summed E-state index contributed by atoms with van der Waals surface area (Å²) in [6.45, 7) is 0. The van der Waals surface area contributed by atoms with Crippen LogP contribution in [-0.2, 0) is 0 Å². The molecule has 0 aliphatic carbocycles. The number of aromatic nitrogens is 3. The molecule has 28 heavy (non-hydrogen) atoms. The summed E-state index contributed by atoms with van der Waals surface area (Å²) in [5.74, 6) is 1.75. The molecule has 0 fully saturated rings. The molecule has 2 aromatic carbocycles. The highest BCUT2D eigenvalue weighted by molar-refractivity contribution is 6.30. The largest absolute Gasteiger partial charge is 0.497 e. The molecule has 0 aliphatic rings. The van der Waals surface area contributed by atoms with E-state index in [4.69, 9.17) is 31.8 Å². The Morgan fingerprint density at radius 3 is 2.39 bits per heavy atom. The Hall–Kier alpha value is -3.38. The van der Waals surface area contributed by atoms with E-state index in [1.54, 1.807) is 14.2 Å². The van der Waals surface area contributed by atoms with Gasteiger partial charge in [-0.25, -0.2) is 15.0 Å². The maximum absolute atomic E-state index is 6.15. The Bertz CT molecular complexity index is 1160. The van der Waals surface area contributed by atoms with Crippen LogP contribution in [0.3, 0.4) is 0 Å².